The van der Waals surface area contributed by atoms with Gasteiger partial charge in [-0.2, -0.15) is 0 Å². The Kier molecular flexibility index (Phi) is 5.22. The van der Waals surface area contributed by atoms with Crippen molar-refractivity contribution in [3.63, 3.8) is 0 Å². The summed E-state index contributed by atoms with van der Waals surface area (Å²) in [5.41, 5.74) is 0.145. The minimum atomic E-state index is -0.491. The van der Waals surface area contributed by atoms with Crippen LogP contribution < -0.4 is 5.32 Å². The number of benzene rings is 1. The molecular formula is C20H28ClNO2. The first kappa shape index (κ1) is 17.8. The molecule has 1 aliphatic heterocycles. The van der Waals surface area contributed by atoms with Crippen molar-refractivity contribution >= 4 is 17.6 Å². The number of hydrogen-bond acceptors (Lipinski definition) is 3. The lowest BCUT2D eigenvalue weighted by atomic mass is 9.78. The average Bonchev–Trinajstić information content (AvgIpc) is 3.07. The highest BCUT2D eigenvalue weighted by molar-refractivity contribution is 6.30. The van der Waals surface area contributed by atoms with Gasteiger partial charge in [0.05, 0.1) is 5.41 Å². The van der Waals surface area contributed by atoms with E-state index in [9.17, 15) is 4.79 Å². The molecule has 1 aliphatic carbocycles. The quantitative estimate of drug-likeness (QED) is 0.815. The zero-order chi connectivity index (χ0) is 17.2. The van der Waals surface area contributed by atoms with Gasteiger partial charge >= 0.3 is 5.97 Å². The first-order valence-electron chi connectivity index (χ1n) is 9.14. The minimum absolute atomic E-state index is 0.0501. The molecular weight excluding hydrogens is 322 g/mol. The van der Waals surface area contributed by atoms with E-state index >= 15 is 0 Å². The summed E-state index contributed by atoms with van der Waals surface area (Å²) in [7, 11) is 0. The lowest BCUT2D eigenvalue weighted by Crippen LogP contribution is -2.46. The highest BCUT2D eigenvalue weighted by Crippen LogP contribution is 2.44. The zero-order valence-electron chi connectivity index (χ0n) is 14.7. The molecule has 1 heterocycles. The van der Waals surface area contributed by atoms with Gasteiger partial charge < -0.3 is 10.1 Å². The van der Waals surface area contributed by atoms with Crippen molar-refractivity contribution in [1.82, 2.24) is 5.32 Å². The third-order valence-electron chi connectivity index (χ3n) is 5.92. The topological polar surface area (TPSA) is 38.3 Å². The first-order valence-corrected chi connectivity index (χ1v) is 9.52. The normalized spacial score (nSPS) is 21.6. The van der Waals surface area contributed by atoms with E-state index in [0.29, 0.717) is 10.9 Å². The second-order valence-corrected chi connectivity index (χ2v) is 8.25. The van der Waals surface area contributed by atoms with Crippen LogP contribution in [0, 0.1) is 5.92 Å². The number of halogens is 1. The van der Waals surface area contributed by atoms with E-state index in [1.807, 2.05) is 24.3 Å². The SMILES string of the molecule is CC(C)(OC(=O)C1(c2ccc(Cl)cc2)CCCC1)C1CCNCC1. The highest BCUT2D eigenvalue weighted by atomic mass is 35.5. The van der Waals surface area contributed by atoms with Gasteiger partial charge in [0.25, 0.3) is 0 Å². The molecule has 3 rings (SSSR count). The largest absolute Gasteiger partial charge is 0.459 e. The maximum absolute atomic E-state index is 13.2. The van der Waals surface area contributed by atoms with Crippen molar-refractivity contribution < 1.29 is 9.53 Å². The van der Waals surface area contributed by atoms with Crippen LogP contribution in [0.5, 0.6) is 0 Å². The van der Waals surface area contributed by atoms with Crippen molar-refractivity contribution in [3.05, 3.63) is 34.9 Å². The maximum atomic E-state index is 13.2. The molecule has 0 unspecified atom stereocenters. The Bertz CT molecular complexity index is 570. The standard InChI is InChI=1S/C20H28ClNO2/c1-19(2,15-9-13-22-14-10-15)24-18(23)20(11-3-4-12-20)16-5-7-17(21)8-6-16/h5-8,15,22H,3-4,9-14H2,1-2H3. The van der Waals surface area contributed by atoms with Crippen LogP contribution >= 0.6 is 11.6 Å². The fourth-order valence-corrected chi connectivity index (χ4v) is 4.42. The number of nitrogens with one attached hydrogen (secondary N) is 1. The molecule has 0 radical (unpaired) electrons. The third kappa shape index (κ3) is 3.48. The monoisotopic (exact) mass is 349 g/mol. The number of esters is 1. The van der Waals surface area contributed by atoms with Gasteiger partial charge in [-0.15, -0.1) is 0 Å². The maximum Gasteiger partial charge on any atom is 0.317 e. The van der Waals surface area contributed by atoms with E-state index in [4.69, 9.17) is 16.3 Å². The van der Waals surface area contributed by atoms with Crippen LogP contribution in [0.4, 0.5) is 0 Å². The van der Waals surface area contributed by atoms with E-state index in [0.717, 1.165) is 57.2 Å². The second kappa shape index (κ2) is 7.05. The Balaban J connectivity index is 1.81. The summed E-state index contributed by atoms with van der Waals surface area (Å²) in [6.45, 7) is 6.17. The Labute approximate surface area is 150 Å². The molecule has 1 aromatic rings. The van der Waals surface area contributed by atoms with E-state index in [2.05, 4.69) is 19.2 Å². The van der Waals surface area contributed by atoms with E-state index in [1.54, 1.807) is 0 Å². The van der Waals surface area contributed by atoms with E-state index < -0.39 is 11.0 Å². The van der Waals surface area contributed by atoms with Crippen LogP contribution in [0.1, 0.15) is 57.9 Å². The Morgan fingerprint density at radius 1 is 1.17 bits per heavy atom. The van der Waals surface area contributed by atoms with Crippen LogP contribution in [0.15, 0.2) is 24.3 Å². The van der Waals surface area contributed by atoms with Crippen molar-refractivity contribution in [2.24, 2.45) is 5.92 Å². The molecule has 0 spiro atoms. The van der Waals surface area contributed by atoms with Gasteiger partial charge in [0.2, 0.25) is 0 Å². The minimum Gasteiger partial charge on any atom is -0.459 e. The van der Waals surface area contributed by atoms with Crippen molar-refractivity contribution in [2.45, 2.75) is 63.4 Å². The fraction of sp³-hybridized carbons (Fsp3) is 0.650. The van der Waals surface area contributed by atoms with Crippen LogP contribution in [0.2, 0.25) is 5.02 Å². The predicted molar refractivity (Wildman–Crippen MR) is 97.4 cm³/mol. The van der Waals surface area contributed by atoms with Gasteiger partial charge in [-0.1, -0.05) is 36.6 Å². The lowest BCUT2D eigenvalue weighted by molar-refractivity contribution is -0.170. The summed E-state index contributed by atoms with van der Waals surface area (Å²) in [5, 5.41) is 4.08. The molecule has 4 heteroatoms. The van der Waals surface area contributed by atoms with Crippen molar-refractivity contribution in [3.8, 4) is 0 Å². The smallest absolute Gasteiger partial charge is 0.317 e. The first-order chi connectivity index (χ1) is 11.4. The van der Waals surface area contributed by atoms with E-state index in [1.165, 1.54) is 0 Å². The number of piperidine rings is 1. The van der Waals surface area contributed by atoms with Gasteiger partial charge in [0.1, 0.15) is 5.60 Å². The summed E-state index contributed by atoms with van der Waals surface area (Å²) < 4.78 is 6.15. The van der Waals surface area contributed by atoms with Gasteiger partial charge in [-0.3, -0.25) is 4.79 Å². The Morgan fingerprint density at radius 2 is 1.75 bits per heavy atom. The van der Waals surface area contributed by atoms with Gasteiger partial charge in [-0.05, 0) is 70.3 Å². The molecule has 24 heavy (non-hydrogen) atoms. The second-order valence-electron chi connectivity index (χ2n) is 7.81. The van der Waals surface area contributed by atoms with Crippen LogP contribution in [-0.4, -0.2) is 24.7 Å². The van der Waals surface area contributed by atoms with Gasteiger partial charge in [-0.25, -0.2) is 0 Å². The molecule has 2 aliphatic rings. The number of carbonyl (C=O) groups excluding carboxylic acids is 1. The Morgan fingerprint density at radius 3 is 2.33 bits per heavy atom. The van der Waals surface area contributed by atoms with E-state index in [-0.39, 0.29) is 5.97 Å². The molecule has 1 aromatic carbocycles. The third-order valence-corrected chi connectivity index (χ3v) is 6.17. The summed E-state index contributed by atoms with van der Waals surface area (Å²) in [5.74, 6) is 0.372. The molecule has 1 saturated heterocycles. The zero-order valence-corrected chi connectivity index (χ0v) is 15.5. The highest BCUT2D eigenvalue weighted by Gasteiger charge is 2.47. The Hall–Kier alpha value is -1.06. The van der Waals surface area contributed by atoms with Gasteiger partial charge in [0, 0.05) is 10.9 Å². The average molecular weight is 350 g/mol. The van der Waals surface area contributed by atoms with Crippen LogP contribution in [-0.2, 0) is 14.9 Å². The number of ether oxygens (including phenoxy) is 1. The van der Waals surface area contributed by atoms with Gasteiger partial charge in [0.15, 0.2) is 0 Å². The van der Waals surface area contributed by atoms with Crippen LogP contribution in [0.25, 0.3) is 0 Å². The molecule has 0 aromatic heterocycles. The van der Waals surface area contributed by atoms with Crippen molar-refractivity contribution in [2.75, 3.05) is 13.1 Å². The molecule has 132 valence electrons. The number of rotatable bonds is 4. The molecule has 0 atom stereocenters. The van der Waals surface area contributed by atoms with Crippen LogP contribution in [0.3, 0.4) is 0 Å². The fourth-order valence-electron chi connectivity index (χ4n) is 4.30. The number of carbonyl (C=O) groups is 1. The lowest BCUT2D eigenvalue weighted by Gasteiger charge is -2.39. The molecule has 2 fully saturated rings. The summed E-state index contributed by atoms with van der Waals surface area (Å²) in [4.78, 5) is 13.2. The summed E-state index contributed by atoms with van der Waals surface area (Å²) >= 11 is 6.03. The number of hydrogen-bond donors (Lipinski definition) is 1. The molecule has 1 N–H and O–H groups in total. The summed E-state index contributed by atoms with van der Waals surface area (Å²) in [6, 6.07) is 7.74. The molecule has 0 amide bonds. The molecule has 3 nitrogen and oxygen atoms in total. The van der Waals surface area contributed by atoms with Crippen molar-refractivity contribution in [1.29, 1.82) is 0 Å². The summed E-state index contributed by atoms with van der Waals surface area (Å²) in [6.07, 6.45) is 6.02. The molecule has 1 saturated carbocycles. The molecule has 0 bridgehead atoms. The predicted octanol–water partition coefficient (Wildman–Crippen LogP) is 4.47.